The first-order valence-electron chi connectivity index (χ1n) is 10.2. The molecule has 2 fully saturated rings. The number of carbonyl (C=O) groups is 1. The van der Waals surface area contributed by atoms with Gasteiger partial charge in [0, 0.05) is 6.07 Å². The topological polar surface area (TPSA) is 85.2 Å². The van der Waals surface area contributed by atoms with E-state index in [9.17, 15) is 22.4 Å². The number of amides is 1. The minimum absolute atomic E-state index is 0.189. The standard InChI is InChI=1S/C21H18F4N6O2/c22-13-5-12(21(23,24)25)6-16(7-13)33-17-10-30(11-17)20-18(9-28-31(20)15-1-2-15)19(32)29-14-3-4-26-27-8-14/h3-9,15,17H,1-2,10-11H2,(H,26,29,32). The number of ether oxygens (including phenoxy) is 1. The average molecular weight is 462 g/mol. The van der Waals surface area contributed by atoms with Crippen LogP contribution in [-0.4, -0.2) is 45.1 Å². The quantitative estimate of drug-likeness (QED) is 0.563. The number of hydrogen-bond acceptors (Lipinski definition) is 6. The summed E-state index contributed by atoms with van der Waals surface area (Å²) in [6.45, 7) is 0.626. The van der Waals surface area contributed by atoms with Crippen LogP contribution in [0.5, 0.6) is 5.75 Å². The molecule has 33 heavy (non-hydrogen) atoms. The maximum atomic E-state index is 13.6. The summed E-state index contributed by atoms with van der Waals surface area (Å²) in [6, 6.07) is 3.94. The Bertz CT molecular complexity index is 1170. The van der Waals surface area contributed by atoms with Gasteiger partial charge >= 0.3 is 6.18 Å². The normalized spacial score (nSPS) is 16.4. The van der Waals surface area contributed by atoms with Crippen LogP contribution >= 0.6 is 0 Å². The van der Waals surface area contributed by atoms with Crippen molar-refractivity contribution in [2.45, 2.75) is 31.2 Å². The van der Waals surface area contributed by atoms with E-state index in [4.69, 9.17) is 4.74 Å². The van der Waals surface area contributed by atoms with E-state index < -0.39 is 23.7 Å². The summed E-state index contributed by atoms with van der Waals surface area (Å²) in [6.07, 6.45) is 1.13. The van der Waals surface area contributed by atoms with Gasteiger partial charge in [-0.1, -0.05) is 0 Å². The fraction of sp³-hybridized carbons (Fsp3) is 0.333. The van der Waals surface area contributed by atoms with Gasteiger partial charge in [-0.3, -0.25) is 4.79 Å². The highest BCUT2D eigenvalue weighted by atomic mass is 19.4. The van der Waals surface area contributed by atoms with E-state index in [1.165, 1.54) is 18.6 Å². The smallest absolute Gasteiger partial charge is 0.416 e. The number of carbonyl (C=O) groups excluding carboxylic acids is 1. The number of alkyl halides is 3. The van der Waals surface area contributed by atoms with Gasteiger partial charge in [0.2, 0.25) is 0 Å². The fourth-order valence-corrected chi connectivity index (χ4v) is 3.65. The molecule has 1 amide bonds. The van der Waals surface area contributed by atoms with Crippen molar-refractivity contribution in [2.75, 3.05) is 23.3 Å². The number of hydrogen-bond donors (Lipinski definition) is 1. The molecule has 12 heteroatoms. The molecule has 8 nitrogen and oxygen atoms in total. The predicted octanol–water partition coefficient (Wildman–Crippen LogP) is 3.69. The van der Waals surface area contributed by atoms with Gasteiger partial charge in [-0.25, -0.2) is 9.07 Å². The summed E-state index contributed by atoms with van der Waals surface area (Å²) in [7, 11) is 0. The molecule has 0 unspecified atom stereocenters. The van der Waals surface area contributed by atoms with Crippen LogP contribution in [-0.2, 0) is 6.18 Å². The van der Waals surface area contributed by atoms with Crippen molar-refractivity contribution in [3.63, 3.8) is 0 Å². The average Bonchev–Trinajstić information content (AvgIpc) is 3.49. The zero-order valence-corrected chi connectivity index (χ0v) is 17.1. The first-order valence-corrected chi connectivity index (χ1v) is 10.2. The first kappa shape index (κ1) is 21.2. The third-order valence-corrected chi connectivity index (χ3v) is 5.40. The van der Waals surface area contributed by atoms with Gasteiger partial charge in [-0.05, 0) is 31.0 Å². The van der Waals surface area contributed by atoms with Gasteiger partial charge in [0.1, 0.15) is 29.1 Å². The molecule has 1 saturated heterocycles. The maximum absolute atomic E-state index is 13.6. The Morgan fingerprint density at radius 2 is 1.91 bits per heavy atom. The fourth-order valence-electron chi connectivity index (χ4n) is 3.65. The second kappa shape index (κ2) is 8.01. The third-order valence-electron chi connectivity index (χ3n) is 5.40. The highest BCUT2D eigenvalue weighted by molar-refractivity contribution is 6.07. The van der Waals surface area contributed by atoms with E-state index in [1.54, 1.807) is 10.7 Å². The summed E-state index contributed by atoms with van der Waals surface area (Å²) in [5.74, 6) is -0.959. The summed E-state index contributed by atoms with van der Waals surface area (Å²) >= 11 is 0. The molecule has 0 spiro atoms. The van der Waals surface area contributed by atoms with Crippen LogP contribution in [0, 0.1) is 5.82 Å². The number of nitrogens with one attached hydrogen (secondary N) is 1. The van der Waals surface area contributed by atoms with E-state index in [0.29, 0.717) is 36.2 Å². The van der Waals surface area contributed by atoms with Crippen LogP contribution in [0.1, 0.15) is 34.8 Å². The molecular formula is C21H18F4N6O2. The van der Waals surface area contributed by atoms with Crippen LogP contribution in [0.3, 0.4) is 0 Å². The maximum Gasteiger partial charge on any atom is 0.416 e. The van der Waals surface area contributed by atoms with Gasteiger partial charge < -0.3 is 15.0 Å². The monoisotopic (exact) mass is 462 g/mol. The molecule has 0 radical (unpaired) electrons. The Morgan fingerprint density at radius 1 is 1.12 bits per heavy atom. The molecule has 0 bridgehead atoms. The first-order chi connectivity index (χ1) is 15.8. The largest absolute Gasteiger partial charge is 0.487 e. The minimum atomic E-state index is -4.67. The van der Waals surface area contributed by atoms with Gasteiger partial charge in [0.25, 0.3) is 5.91 Å². The van der Waals surface area contributed by atoms with E-state index in [-0.39, 0.29) is 17.7 Å². The van der Waals surface area contributed by atoms with E-state index in [1.807, 2.05) is 4.90 Å². The van der Waals surface area contributed by atoms with Crippen molar-refractivity contribution in [2.24, 2.45) is 0 Å². The molecular weight excluding hydrogens is 444 g/mol. The van der Waals surface area contributed by atoms with Crippen molar-refractivity contribution in [1.29, 1.82) is 0 Å². The number of rotatable bonds is 6. The van der Waals surface area contributed by atoms with Gasteiger partial charge in [-0.2, -0.15) is 28.5 Å². The predicted molar refractivity (Wildman–Crippen MR) is 109 cm³/mol. The lowest BCUT2D eigenvalue weighted by molar-refractivity contribution is -0.137. The van der Waals surface area contributed by atoms with E-state index in [0.717, 1.165) is 25.0 Å². The number of nitrogens with zero attached hydrogens (tertiary/aromatic N) is 5. The van der Waals surface area contributed by atoms with Crippen LogP contribution in [0.2, 0.25) is 0 Å². The molecule has 172 valence electrons. The summed E-state index contributed by atoms with van der Waals surface area (Å²) in [5, 5.41) is 14.5. The summed E-state index contributed by atoms with van der Waals surface area (Å²) in [5.41, 5.74) is -0.260. The van der Waals surface area contributed by atoms with Crippen molar-refractivity contribution < 1.29 is 27.1 Å². The molecule has 1 aliphatic heterocycles. The Morgan fingerprint density at radius 3 is 2.58 bits per heavy atom. The molecule has 3 heterocycles. The molecule has 3 aromatic rings. The Balaban J connectivity index is 1.31. The molecule has 1 N–H and O–H groups in total. The van der Waals surface area contributed by atoms with Crippen LogP contribution < -0.4 is 15.0 Å². The van der Waals surface area contributed by atoms with Crippen LogP contribution in [0.4, 0.5) is 29.1 Å². The highest BCUT2D eigenvalue weighted by Crippen LogP contribution is 2.40. The Kier molecular flexibility index (Phi) is 5.14. The van der Waals surface area contributed by atoms with Gasteiger partial charge in [0.15, 0.2) is 0 Å². The van der Waals surface area contributed by atoms with Crippen LogP contribution in [0.25, 0.3) is 0 Å². The molecule has 2 aromatic heterocycles. The lowest BCUT2D eigenvalue weighted by atomic mass is 10.1. The van der Waals surface area contributed by atoms with Crippen molar-refractivity contribution in [3.05, 3.63) is 59.8 Å². The number of benzene rings is 1. The molecule has 2 aliphatic rings. The second-order valence-electron chi connectivity index (χ2n) is 7.96. The zero-order valence-electron chi connectivity index (χ0n) is 17.1. The zero-order chi connectivity index (χ0) is 23.2. The SMILES string of the molecule is O=C(Nc1ccnnc1)c1cnn(C2CC2)c1N1CC(Oc2cc(F)cc(C(F)(F)F)c2)C1. The molecule has 1 saturated carbocycles. The number of halogens is 4. The Hall–Kier alpha value is -3.70. The van der Waals surface area contributed by atoms with E-state index >= 15 is 0 Å². The highest BCUT2D eigenvalue weighted by Gasteiger charge is 2.38. The number of anilines is 2. The van der Waals surface area contributed by atoms with Crippen molar-refractivity contribution in [3.8, 4) is 5.75 Å². The van der Waals surface area contributed by atoms with E-state index in [2.05, 4.69) is 20.6 Å². The lowest BCUT2D eigenvalue weighted by Gasteiger charge is -2.41. The number of aromatic nitrogens is 4. The lowest BCUT2D eigenvalue weighted by Crippen LogP contribution is -2.55. The summed E-state index contributed by atoms with van der Waals surface area (Å²) in [4.78, 5) is 14.7. The van der Waals surface area contributed by atoms with Crippen molar-refractivity contribution in [1.82, 2.24) is 20.0 Å². The van der Waals surface area contributed by atoms with Gasteiger partial charge in [0.05, 0.1) is 49.0 Å². The molecule has 0 atom stereocenters. The molecule has 1 aromatic carbocycles. The summed E-state index contributed by atoms with van der Waals surface area (Å²) < 4.78 is 59.9. The van der Waals surface area contributed by atoms with Gasteiger partial charge in [-0.15, -0.1) is 0 Å². The second-order valence-corrected chi connectivity index (χ2v) is 7.96. The van der Waals surface area contributed by atoms with Crippen LogP contribution in [0.15, 0.2) is 42.9 Å². The third kappa shape index (κ3) is 4.45. The molecule has 5 rings (SSSR count). The van der Waals surface area contributed by atoms with Crippen molar-refractivity contribution >= 4 is 17.4 Å². The Labute approximate surface area is 185 Å². The minimum Gasteiger partial charge on any atom is -0.487 e. The molecule has 1 aliphatic carbocycles.